The van der Waals surface area contributed by atoms with Crippen LogP contribution in [0.4, 0.5) is 5.13 Å². The number of anilines is 1. The van der Waals surface area contributed by atoms with Crippen molar-refractivity contribution in [1.29, 1.82) is 0 Å². The van der Waals surface area contributed by atoms with Crippen LogP contribution in [0.25, 0.3) is 0 Å². The number of nitrogens with zero attached hydrogens (tertiary/aromatic N) is 2. The standard InChI is InChI=1S/C12H10Br2N2O2S/c13-8-4-3-5(9(8)14)7-6(4)10(17)16(11(7)18)12-15-1-2-19-12/h1-2,4-9H,3H2/t4-,5+,6-,7+,8-,9+. The number of aromatic nitrogens is 1. The molecule has 1 saturated heterocycles. The molecule has 0 radical (unpaired) electrons. The molecule has 2 saturated carbocycles. The maximum Gasteiger partial charge on any atom is 0.239 e. The van der Waals surface area contributed by atoms with E-state index in [4.69, 9.17) is 0 Å². The smallest absolute Gasteiger partial charge is 0.239 e. The lowest BCUT2D eigenvalue weighted by Crippen LogP contribution is -2.37. The van der Waals surface area contributed by atoms with Gasteiger partial charge in [0, 0.05) is 21.2 Å². The summed E-state index contributed by atoms with van der Waals surface area (Å²) in [5, 5.41) is 2.31. The molecule has 1 aromatic heterocycles. The lowest BCUT2D eigenvalue weighted by Gasteiger charge is -2.28. The Bertz CT molecular complexity index is 532. The first kappa shape index (κ1) is 12.5. The van der Waals surface area contributed by atoms with Gasteiger partial charge in [-0.15, -0.1) is 11.3 Å². The molecule has 0 N–H and O–H groups in total. The first-order valence-corrected chi connectivity index (χ1v) is 8.88. The van der Waals surface area contributed by atoms with Crippen LogP contribution < -0.4 is 4.90 Å². The summed E-state index contributed by atoms with van der Waals surface area (Å²) in [5.74, 6) is 0.114. The second kappa shape index (κ2) is 4.11. The number of rotatable bonds is 1. The number of hydrogen-bond donors (Lipinski definition) is 0. The van der Waals surface area contributed by atoms with E-state index < -0.39 is 0 Å². The van der Waals surface area contributed by atoms with E-state index in [0.29, 0.717) is 5.13 Å². The number of imide groups is 1. The molecule has 100 valence electrons. The van der Waals surface area contributed by atoms with Gasteiger partial charge in [0.05, 0.1) is 11.8 Å². The van der Waals surface area contributed by atoms with E-state index in [1.54, 1.807) is 11.6 Å². The van der Waals surface area contributed by atoms with Crippen molar-refractivity contribution in [2.24, 2.45) is 23.7 Å². The topological polar surface area (TPSA) is 50.3 Å². The average molecular weight is 406 g/mol. The molecule has 0 aromatic carbocycles. The summed E-state index contributed by atoms with van der Waals surface area (Å²) in [6, 6.07) is 0. The van der Waals surface area contributed by atoms with Gasteiger partial charge in [-0.2, -0.15) is 0 Å². The highest BCUT2D eigenvalue weighted by Gasteiger charge is 2.66. The lowest BCUT2D eigenvalue weighted by molar-refractivity contribution is -0.123. The van der Waals surface area contributed by atoms with Crippen molar-refractivity contribution >= 4 is 60.1 Å². The van der Waals surface area contributed by atoms with Crippen molar-refractivity contribution in [1.82, 2.24) is 4.98 Å². The van der Waals surface area contributed by atoms with Crippen molar-refractivity contribution in [2.75, 3.05) is 4.90 Å². The van der Waals surface area contributed by atoms with Gasteiger partial charge in [0.15, 0.2) is 5.13 Å². The third-order valence-corrected chi connectivity index (χ3v) is 8.56. The summed E-state index contributed by atoms with van der Waals surface area (Å²) in [4.78, 5) is 31.1. The van der Waals surface area contributed by atoms with Crippen molar-refractivity contribution in [3.63, 3.8) is 0 Å². The van der Waals surface area contributed by atoms with Gasteiger partial charge in [0.1, 0.15) is 0 Å². The van der Waals surface area contributed by atoms with Gasteiger partial charge < -0.3 is 0 Å². The molecule has 0 unspecified atom stereocenters. The quantitative estimate of drug-likeness (QED) is 0.532. The van der Waals surface area contributed by atoms with Crippen LogP contribution in [0.3, 0.4) is 0 Å². The molecule has 3 aliphatic rings. The molecule has 2 amide bonds. The monoisotopic (exact) mass is 404 g/mol. The number of carbonyl (C=O) groups is 2. The second-order valence-corrected chi connectivity index (χ2v) is 8.32. The SMILES string of the molecule is O=C1[C@@H]2[C@H]3C[C@H]([C@H](Br)[C@@H]3Br)[C@@H]2C(=O)N1c1nccs1. The minimum absolute atomic E-state index is 0.0544. The van der Waals surface area contributed by atoms with E-state index in [2.05, 4.69) is 36.8 Å². The number of thiazole rings is 1. The van der Waals surface area contributed by atoms with Gasteiger partial charge >= 0.3 is 0 Å². The van der Waals surface area contributed by atoms with Gasteiger partial charge in [-0.25, -0.2) is 9.88 Å². The van der Waals surface area contributed by atoms with Gasteiger partial charge in [0.2, 0.25) is 11.8 Å². The van der Waals surface area contributed by atoms with E-state index in [-0.39, 0.29) is 45.1 Å². The Hall–Kier alpha value is -0.270. The van der Waals surface area contributed by atoms with E-state index in [1.807, 2.05) is 0 Å². The molecule has 3 fully saturated rings. The fourth-order valence-corrected chi connectivity index (χ4v) is 6.39. The zero-order chi connectivity index (χ0) is 13.3. The highest BCUT2D eigenvalue weighted by atomic mass is 79.9. The van der Waals surface area contributed by atoms with E-state index in [9.17, 15) is 9.59 Å². The molecule has 7 heteroatoms. The number of fused-ring (bicyclic) bond motifs is 5. The van der Waals surface area contributed by atoms with Crippen LogP contribution in [0.5, 0.6) is 0 Å². The van der Waals surface area contributed by atoms with Crippen LogP contribution in [-0.4, -0.2) is 26.5 Å². The maximum atomic E-state index is 12.6. The Kier molecular flexibility index (Phi) is 2.70. The zero-order valence-electron chi connectivity index (χ0n) is 9.70. The average Bonchev–Trinajstić information content (AvgIpc) is 3.10. The second-order valence-electron chi connectivity index (χ2n) is 5.33. The summed E-state index contributed by atoms with van der Waals surface area (Å²) in [6.07, 6.45) is 2.59. The van der Waals surface area contributed by atoms with Gasteiger partial charge in [-0.1, -0.05) is 31.9 Å². The van der Waals surface area contributed by atoms with Gasteiger partial charge in [0.25, 0.3) is 0 Å². The third kappa shape index (κ3) is 1.46. The molecule has 0 spiro atoms. The van der Waals surface area contributed by atoms with Crippen LogP contribution in [0.2, 0.25) is 0 Å². The minimum Gasteiger partial charge on any atom is -0.274 e. The first-order valence-electron chi connectivity index (χ1n) is 6.16. The van der Waals surface area contributed by atoms with Crippen LogP contribution in [0.1, 0.15) is 6.42 Å². The third-order valence-electron chi connectivity index (χ3n) is 4.60. The van der Waals surface area contributed by atoms with Crippen LogP contribution >= 0.6 is 43.2 Å². The highest BCUT2D eigenvalue weighted by Crippen LogP contribution is 2.60. The Morgan fingerprint density at radius 3 is 2.21 bits per heavy atom. The van der Waals surface area contributed by atoms with Gasteiger partial charge in [-0.3, -0.25) is 9.59 Å². The number of amides is 2. The number of halogens is 2. The van der Waals surface area contributed by atoms with Crippen LogP contribution in [-0.2, 0) is 9.59 Å². The molecule has 4 rings (SSSR count). The normalized spacial score (nSPS) is 44.2. The molecule has 2 bridgehead atoms. The first-order chi connectivity index (χ1) is 9.11. The molecule has 2 aliphatic carbocycles. The fraction of sp³-hybridized carbons (Fsp3) is 0.583. The summed E-state index contributed by atoms with van der Waals surface area (Å²) < 4.78 is 0. The molecular weight excluding hydrogens is 396 g/mol. The van der Waals surface area contributed by atoms with Crippen molar-refractivity contribution in [2.45, 2.75) is 16.1 Å². The Balaban J connectivity index is 1.76. The number of carbonyl (C=O) groups excluding carboxylic acids is 2. The maximum absolute atomic E-state index is 12.6. The van der Waals surface area contributed by atoms with Crippen LogP contribution in [0, 0.1) is 23.7 Å². The molecule has 2 heterocycles. The fourth-order valence-electron chi connectivity index (χ4n) is 3.86. The molecule has 6 atom stereocenters. The van der Waals surface area contributed by atoms with E-state index in [1.165, 1.54) is 16.2 Å². The molecule has 1 aliphatic heterocycles. The zero-order valence-corrected chi connectivity index (χ0v) is 13.7. The molecular formula is C12H10Br2N2O2S. The molecule has 19 heavy (non-hydrogen) atoms. The van der Waals surface area contributed by atoms with E-state index >= 15 is 0 Å². The predicted molar refractivity (Wildman–Crippen MR) is 78.6 cm³/mol. The minimum atomic E-state index is -0.153. The van der Waals surface area contributed by atoms with Gasteiger partial charge in [-0.05, 0) is 18.3 Å². The van der Waals surface area contributed by atoms with Crippen LogP contribution in [0.15, 0.2) is 11.6 Å². The lowest BCUT2D eigenvalue weighted by atomic mass is 9.81. The summed E-state index contributed by atoms with van der Waals surface area (Å²) in [7, 11) is 0. The Morgan fingerprint density at radius 2 is 1.74 bits per heavy atom. The van der Waals surface area contributed by atoms with Crippen molar-refractivity contribution in [3.8, 4) is 0 Å². The molecule has 4 nitrogen and oxygen atoms in total. The van der Waals surface area contributed by atoms with Crippen molar-refractivity contribution in [3.05, 3.63) is 11.6 Å². The Morgan fingerprint density at radius 1 is 1.16 bits per heavy atom. The number of alkyl halides is 2. The summed E-state index contributed by atoms with van der Waals surface area (Å²) >= 11 is 8.68. The largest absolute Gasteiger partial charge is 0.274 e. The number of hydrogen-bond acceptors (Lipinski definition) is 4. The Labute approximate surface area is 130 Å². The molecule has 1 aromatic rings. The van der Waals surface area contributed by atoms with E-state index in [0.717, 1.165) is 6.42 Å². The van der Waals surface area contributed by atoms with Crippen molar-refractivity contribution < 1.29 is 9.59 Å². The summed E-state index contributed by atoms with van der Waals surface area (Å²) in [5.41, 5.74) is 0. The predicted octanol–water partition coefficient (Wildman–Crippen LogP) is 2.43. The summed E-state index contributed by atoms with van der Waals surface area (Å²) in [6.45, 7) is 0. The highest BCUT2D eigenvalue weighted by molar-refractivity contribution is 9.12.